The molecule has 0 saturated carbocycles. The highest BCUT2D eigenvalue weighted by atomic mass is 35.7. The molecule has 10 heteroatoms. The fourth-order valence-electron chi connectivity index (χ4n) is 1.56. The minimum atomic E-state index is -4.57. The van der Waals surface area contributed by atoms with E-state index in [1.54, 1.807) is 0 Å². The summed E-state index contributed by atoms with van der Waals surface area (Å²) in [6.45, 7) is -0.0810. The van der Waals surface area contributed by atoms with Crippen molar-refractivity contribution in [2.75, 3.05) is 13.6 Å². The van der Waals surface area contributed by atoms with E-state index in [0.717, 1.165) is 19.2 Å². The van der Waals surface area contributed by atoms with Crippen molar-refractivity contribution < 1.29 is 26.4 Å². The number of nitrogens with zero attached hydrogens (tertiary/aromatic N) is 1. The predicted molar refractivity (Wildman–Crippen MR) is 72.2 cm³/mol. The quantitative estimate of drug-likeness (QED) is 0.774. The van der Waals surface area contributed by atoms with Crippen LogP contribution in [0.15, 0.2) is 17.0 Å². The number of carbonyl (C=O) groups is 1. The lowest BCUT2D eigenvalue weighted by Gasteiger charge is -2.20. The van der Waals surface area contributed by atoms with Gasteiger partial charge >= 0.3 is 6.18 Å². The number of carbonyl (C=O) groups excluding carboxylic acids is 1. The van der Waals surface area contributed by atoms with Crippen LogP contribution in [-0.2, 0) is 9.05 Å². The summed E-state index contributed by atoms with van der Waals surface area (Å²) in [5.74, 6) is -1.01. The summed E-state index contributed by atoms with van der Waals surface area (Å²) in [6.07, 6.45) is -4.57. The molecule has 0 bridgehead atoms. The molecule has 0 fully saturated rings. The van der Waals surface area contributed by atoms with Crippen LogP contribution in [0, 0.1) is 6.92 Å². The van der Waals surface area contributed by atoms with Crippen LogP contribution >= 0.6 is 22.3 Å². The molecule has 0 radical (unpaired) electrons. The summed E-state index contributed by atoms with van der Waals surface area (Å²) >= 11 is 5.79. The van der Waals surface area contributed by atoms with Gasteiger partial charge in [-0.05, 0) is 24.6 Å². The number of hydrogen-bond acceptors (Lipinski definition) is 3. The molecule has 0 spiro atoms. The topological polar surface area (TPSA) is 54.5 Å². The molecule has 0 aliphatic carbocycles. The first-order valence-corrected chi connectivity index (χ1v) is 8.08. The van der Waals surface area contributed by atoms with E-state index in [-0.39, 0.29) is 16.1 Å². The number of hydrogen-bond donors (Lipinski definition) is 0. The first-order chi connectivity index (χ1) is 9.33. The minimum Gasteiger partial charge on any atom is -0.333 e. The fourth-order valence-corrected chi connectivity index (χ4v) is 2.63. The van der Waals surface area contributed by atoms with E-state index >= 15 is 0 Å². The van der Waals surface area contributed by atoms with Gasteiger partial charge in [-0.3, -0.25) is 4.79 Å². The van der Waals surface area contributed by atoms with Gasteiger partial charge in [0.15, 0.2) is 0 Å². The fraction of sp³-hybridized carbons (Fsp3) is 0.364. The van der Waals surface area contributed by atoms with Gasteiger partial charge in [-0.25, -0.2) is 8.42 Å². The van der Waals surface area contributed by atoms with Crippen LogP contribution in [0.1, 0.15) is 15.9 Å². The summed E-state index contributed by atoms with van der Waals surface area (Å²) in [7, 11) is 1.94. The first-order valence-electron chi connectivity index (χ1n) is 5.40. The van der Waals surface area contributed by atoms with Crippen LogP contribution in [0.4, 0.5) is 13.2 Å². The highest BCUT2D eigenvalue weighted by molar-refractivity contribution is 8.13. The number of rotatable bonds is 3. The maximum atomic E-state index is 12.3. The van der Waals surface area contributed by atoms with Crippen molar-refractivity contribution >= 4 is 37.2 Å². The number of alkyl halides is 3. The van der Waals surface area contributed by atoms with E-state index in [2.05, 4.69) is 0 Å². The van der Waals surface area contributed by atoms with Gasteiger partial charge in [-0.1, -0.05) is 11.6 Å². The molecule has 0 saturated heterocycles. The molecule has 1 aromatic rings. The maximum Gasteiger partial charge on any atom is 0.406 e. The van der Waals surface area contributed by atoms with Crippen molar-refractivity contribution in [2.24, 2.45) is 0 Å². The molecule has 0 unspecified atom stereocenters. The molecule has 0 aromatic heterocycles. The van der Waals surface area contributed by atoms with Gasteiger partial charge in [0.1, 0.15) is 6.54 Å². The second-order valence-corrected chi connectivity index (χ2v) is 7.27. The lowest BCUT2D eigenvalue weighted by Crippen LogP contribution is -2.36. The molecule has 0 atom stereocenters. The van der Waals surface area contributed by atoms with Gasteiger partial charge in [0.2, 0.25) is 0 Å². The Bertz CT molecular complexity index is 674. The zero-order valence-electron chi connectivity index (χ0n) is 10.8. The lowest BCUT2D eigenvalue weighted by molar-refractivity contribution is -0.138. The highest BCUT2D eigenvalue weighted by Gasteiger charge is 2.32. The van der Waals surface area contributed by atoms with Gasteiger partial charge < -0.3 is 4.90 Å². The average Bonchev–Trinajstić information content (AvgIpc) is 2.27. The van der Waals surface area contributed by atoms with Crippen LogP contribution in [0.3, 0.4) is 0 Å². The van der Waals surface area contributed by atoms with Crippen LogP contribution < -0.4 is 0 Å². The monoisotopic (exact) mass is 363 g/mol. The molecule has 0 heterocycles. The van der Waals surface area contributed by atoms with Gasteiger partial charge in [0, 0.05) is 28.3 Å². The second-order valence-electron chi connectivity index (χ2n) is 4.29. The molecule has 1 aromatic carbocycles. The molecule has 1 amide bonds. The largest absolute Gasteiger partial charge is 0.406 e. The van der Waals surface area contributed by atoms with Crippen molar-refractivity contribution in [1.29, 1.82) is 0 Å². The van der Waals surface area contributed by atoms with Crippen molar-refractivity contribution in [2.45, 2.75) is 18.0 Å². The lowest BCUT2D eigenvalue weighted by atomic mass is 10.1. The normalized spacial score (nSPS) is 12.3. The summed E-state index contributed by atoms with van der Waals surface area (Å²) in [6, 6.07) is 1.93. The van der Waals surface area contributed by atoms with E-state index < -0.39 is 32.6 Å². The highest BCUT2D eigenvalue weighted by Crippen LogP contribution is 2.27. The standard InChI is InChI=1S/C11H10Cl2F3NO3S/c1-6-8(10(18)17(2)5-11(14,15)16)3-7(4-9(6)12)21(13,19)20/h3-4H,5H2,1-2H3. The van der Waals surface area contributed by atoms with Gasteiger partial charge in [0.25, 0.3) is 15.0 Å². The van der Waals surface area contributed by atoms with E-state index in [1.165, 1.54) is 6.92 Å². The summed E-state index contributed by atoms with van der Waals surface area (Å²) in [5.41, 5.74) is -0.0896. The molecule has 21 heavy (non-hydrogen) atoms. The third-order valence-corrected chi connectivity index (χ3v) is 4.32. The van der Waals surface area contributed by atoms with Crippen LogP contribution in [0.2, 0.25) is 5.02 Å². The Morgan fingerprint density at radius 2 is 1.86 bits per heavy atom. The van der Waals surface area contributed by atoms with Crippen LogP contribution in [0.25, 0.3) is 0 Å². The third-order valence-electron chi connectivity index (χ3n) is 2.59. The molecule has 4 nitrogen and oxygen atoms in total. The van der Waals surface area contributed by atoms with Crippen molar-refractivity contribution in [3.05, 3.63) is 28.3 Å². The number of benzene rings is 1. The third kappa shape index (κ3) is 4.76. The minimum absolute atomic E-state index is 0.0829. The van der Waals surface area contributed by atoms with E-state index in [0.29, 0.717) is 4.90 Å². The summed E-state index contributed by atoms with van der Waals surface area (Å²) in [5, 5.41) is -0.0829. The molecule has 0 aliphatic rings. The Hall–Kier alpha value is -0.990. The van der Waals surface area contributed by atoms with Crippen molar-refractivity contribution in [1.82, 2.24) is 4.90 Å². The van der Waals surface area contributed by atoms with Crippen molar-refractivity contribution in [3.8, 4) is 0 Å². The molecule has 1 rings (SSSR count). The van der Waals surface area contributed by atoms with Gasteiger partial charge in [-0.2, -0.15) is 13.2 Å². The number of halogens is 5. The zero-order valence-corrected chi connectivity index (χ0v) is 13.2. The smallest absolute Gasteiger partial charge is 0.333 e. The average molecular weight is 364 g/mol. The Balaban J connectivity index is 3.30. The predicted octanol–water partition coefficient (Wildman–Crippen LogP) is 3.21. The summed E-state index contributed by atoms with van der Waals surface area (Å²) in [4.78, 5) is 12.0. The van der Waals surface area contributed by atoms with E-state index in [4.69, 9.17) is 22.3 Å². The zero-order chi connectivity index (χ0) is 16.6. The molecular weight excluding hydrogens is 354 g/mol. The Morgan fingerprint density at radius 3 is 2.29 bits per heavy atom. The summed E-state index contributed by atoms with van der Waals surface area (Å²) < 4.78 is 59.4. The Morgan fingerprint density at radius 1 is 1.33 bits per heavy atom. The molecular formula is C11H10Cl2F3NO3S. The Labute approximate surface area is 128 Å². The molecule has 118 valence electrons. The maximum absolute atomic E-state index is 12.3. The van der Waals surface area contributed by atoms with Crippen LogP contribution in [0.5, 0.6) is 0 Å². The van der Waals surface area contributed by atoms with Crippen molar-refractivity contribution in [3.63, 3.8) is 0 Å². The van der Waals surface area contributed by atoms with Gasteiger partial charge in [0.05, 0.1) is 4.90 Å². The SMILES string of the molecule is Cc1c(Cl)cc(S(=O)(=O)Cl)cc1C(=O)N(C)CC(F)(F)F. The second kappa shape index (κ2) is 6.02. The van der Waals surface area contributed by atoms with Gasteiger partial charge in [-0.15, -0.1) is 0 Å². The molecule has 0 aliphatic heterocycles. The number of amides is 1. The van der Waals surface area contributed by atoms with E-state index in [1.807, 2.05) is 0 Å². The Kier molecular flexibility index (Phi) is 5.18. The first kappa shape index (κ1) is 18.1. The molecule has 0 N–H and O–H groups in total. The van der Waals surface area contributed by atoms with Crippen LogP contribution in [-0.4, -0.2) is 39.0 Å². The van der Waals surface area contributed by atoms with E-state index in [9.17, 15) is 26.4 Å².